The molecule has 2 saturated heterocycles. The highest BCUT2D eigenvalue weighted by Gasteiger charge is 2.44. The molecule has 1 N–H and O–H groups in total. The van der Waals surface area contributed by atoms with Crippen LogP contribution in [0.25, 0.3) is 0 Å². The van der Waals surface area contributed by atoms with Crippen LogP contribution in [-0.4, -0.2) is 60.7 Å². The Morgan fingerprint density at radius 1 is 1.07 bits per heavy atom. The zero-order chi connectivity index (χ0) is 18.5. The maximum Gasteiger partial charge on any atom is 0.225 e. The maximum atomic E-state index is 12.8. The highest BCUT2D eigenvalue weighted by atomic mass is 16.5. The minimum atomic E-state index is 0.0589. The van der Waals surface area contributed by atoms with Crippen LogP contribution < -0.4 is 10.1 Å². The first-order chi connectivity index (χ1) is 13.3. The smallest absolute Gasteiger partial charge is 0.225 e. The monoisotopic (exact) mass is 371 g/mol. The first-order valence-electron chi connectivity index (χ1n) is 10.7. The van der Waals surface area contributed by atoms with Crippen molar-refractivity contribution >= 4 is 5.91 Å². The average molecular weight is 372 g/mol. The van der Waals surface area contributed by atoms with Crippen LogP contribution >= 0.6 is 0 Å². The number of para-hydroxylation sites is 1. The molecule has 1 aliphatic carbocycles. The number of likely N-dealkylation sites (tertiary alicyclic amines) is 1. The molecule has 148 valence electrons. The molecule has 2 heterocycles. The van der Waals surface area contributed by atoms with Gasteiger partial charge in [-0.15, -0.1) is 0 Å². The van der Waals surface area contributed by atoms with Crippen LogP contribution in [0.5, 0.6) is 5.75 Å². The first-order valence-corrected chi connectivity index (χ1v) is 10.7. The Hall–Kier alpha value is -1.59. The second kappa shape index (κ2) is 8.61. The summed E-state index contributed by atoms with van der Waals surface area (Å²) < 4.78 is 5.91. The van der Waals surface area contributed by atoms with Crippen molar-refractivity contribution in [1.29, 1.82) is 0 Å². The fraction of sp³-hybridized carbons (Fsp3) is 0.682. The van der Waals surface area contributed by atoms with E-state index >= 15 is 0 Å². The summed E-state index contributed by atoms with van der Waals surface area (Å²) >= 11 is 0. The largest absolute Gasteiger partial charge is 0.492 e. The third-order valence-electron chi connectivity index (χ3n) is 6.67. The highest BCUT2D eigenvalue weighted by Crippen LogP contribution is 2.32. The minimum absolute atomic E-state index is 0.0589. The fourth-order valence-electron chi connectivity index (χ4n) is 5.06. The first kappa shape index (κ1) is 18.8. The number of ether oxygens (including phenoxy) is 1. The lowest BCUT2D eigenvalue weighted by Gasteiger charge is -2.45. The minimum Gasteiger partial charge on any atom is -0.492 e. The van der Waals surface area contributed by atoms with Crippen LogP contribution in [0.4, 0.5) is 0 Å². The van der Waals surface area contributed by atoms with Gasteiger partial charge in [0.25, 0.3) is 0 Å². The quantitative estimate of drug-likeness (QED) is 0.864. The van der Waals surface area contributed by atoms with E-state index in [4.69, 9.17) is 4.74 Å². The maximum absolute atomic E-state index is 12.8. The molecule has 1 aromatic carbocycles. The molecule has 1 amide bonds. The zero-order valence-electron chi connectivity index (χ0n) is 16.4. The van der Waals surface area contributed by atoms with Crippen LogP contribution in [0.1, 0.15) is 44.9 Å². The molecule has 0 radical (unpaired) electrons. The third-order valence-corrected chi connectivity index (χ3v) is 6.67. The summed E-state index contributed by atoms with van der Waals surface area (Å²) in [6.07, 6.45) is 8.00. The van der Waals surface area contributed by atoms with E-state index in [2.05, 4.69) is 15.1 Å². The number of hydrogen-bond donors (Lipinski definition) is 1. The van der Waals surface area contributed by atoms with E-state index in [1.54, 1.807) is 0 Å². The normalized spacial score (nSPS) is 23.6. The van der Waals surface area contributed by atoms with E-state index in [9.17, 15) is 4.79 Å². The van der Waals surface area contributed by atoms with Crippen molar-refractivity contribution in [2.24, 2.45) is 5.92 Å². The number of rotatable bonds is 5. The van der Waals surface area contributed by atoms with E-state index in [1.807, 2.05) is 30.3 Å². The Kier molecular flexibility index (Phi) is 5.98. The SMILES string of the molecule is O=C(C1CCCCC1)N1CCC2(CC1)NCCN2CCOc1ccccc1. The van der Waals surface area contributed by atoms with Gasteiger partial charge in [-0.05, 0) is 37.8 Å². The molecule has 0 aromatic heterocycles. The number of carbonyl (C=O) groups excluding carboxylic acids is 1. The third kappa shape index (κ3) is 4.30. The van der Waals surface area contributed by atoms with Gasteiger partial charge in [-0.25, -0.2) is 0 Å². The molecule has 2 aliphatic heterocycles. The van der Waals surface area contributed by atoms with Crippen molar-refractivity contribution in [3.8, 4) is 5.75 Å². The summed E-state index contributed by atoms with van der Waals surface area (Å²) in [4.78, 5) is 17.5. The predicted molar refractivity (Wildman–Crippen MR) is 107 cm³/mol. The van der Waals surface area contributed by atoms with Crippen LogP contribution in [0.3, 0.4) is 0 Å². The highest BCUT2D eigenvalue weighted by molar-refractivity contribution is 5.79. The van der Waals surface area contributed by atoms with Crippen molar-refractivity contribution in [2.45, 2.75) is 50.6 Å². The van der Waals surface area contributed by atoms with Crippen LogP contribution in [-0.2, 0) is 4.79 Å². The molecular formula is C22H33N3O2. The van der Waals surface area contributed by atoms with Gasteiger partial charge in [-0.3, -0.25) is 15.0 Å². The second-order valence-corrected chi connectivity index (χ2v) is 8.27. The van der Waals surface area contributed by atoms with E-state index < -0.39 is 0 Å². The van der Waals surface area contributed by atoms with Gasteiger partial charge in [0, 0.05) is 38.6 Å². The number of piperidine rings is 1. The van der Waals surface area contributed by atoms with Gasteiger partial charge in [-0.2, -0.15) is 0 Å². The molecule has 4 rings (SSSR count). The number of nitrogens with zero attached hydrogens (tertiary/aromatic N) is 2. The predicted octanol–water partition coefficient (Wildman–Crippen LogP) is 2.87. The molecule has 0 bridgehead atoms. The lowest BCUT2D eigenvalue weighted by molar-refractivity contribution is -0.139. The van der Waals surface area contributed by atoms with Crippen molar-refractivity contribution in [3.05, 3.63) is 30.3 Å². The Bertz CT molecular complexity index is 607. The van der Waals surface area contributed by atoms with Crippen molar-refractivity contribution in [2.75, 3.05) is 39.3 Å². The lowest BCUT2D eigenvalue weighted by atomic mass is 9.87. The van der Waals surface area contributed by atoms with E-state index in [1.165, 1.54) is 19.3 Å². The summed E-state index contributed by atoms with van der Waals surface area (Å²) in [5.41, 5.74) is 0.0589. The molecular weight excluding hydrogens is 338 g/mol. The Morgan fingerprint density at radius 2 is 1.81 bits per heavy atom. The molecule has 0 unspecified atom stereocenters. The van der Waals surface area contributed by atoms with E-state index in [-0.39, 0.29) is 5.66 Å². The molecule has 5 nitrogen and oxygen atoms in total. The molecule has 3 aliphatic rings. The van der Waals surface area contributed by atoms with Crippen molar-refractivity contribution < 1.29 is 9.53 Å². The zero-order valence-corrected chi connectivity index (χ0v) is 16.4. The van der Waals surface area contributed by atoms with E-state index in [0.29, 0.717) is 18.4 Å². The van der Waals surface area contributed by atoms with Gasteiger partial charge in [0.15, 0.2) is 0 Å². The summed E-state index contributed by atoms with van der Waals surface area (Å²) in [7, 11) is 0. The number of benzene rings is 1. The molecule has 1 aromatic rings. The topological polar surface area (TPSA) is 44.8 Å². The van der Waals surface area contributed by atoms with Crippen LogP contribution in [0, 0.1) is 5.92 Å². The van der Waals surface area contributed by atoms with Gasteiger partial charge in [-0.1, -0.05) is 37.5 Å². The molecule has 5 heteroatoms. The summed E-state index contributed by atoms with van der Waals surface area (Å²) in [5.74, 6) is 1.65. The Labute approximate surface area is 163 Å². The molecule has 1 saturated carbocycles. The lowest BCUT2D eigenvalue weighted by Crippen LogP contribution is -2.59. The fourth-order valence-corrected chi connectivity index (χ4v) is 5.06. The van der Waals surface area contributed by atoms with Gasteiger partial charge in [0.1, 0.15) is 12.4 Å². The molecule has 1 spiro atoms. The van der Waals surface area contributed by atoms with Crippen molar-refractivity contribution in [3.63, 3.8) is 0 Å². The average Bonchev–Trinajstić information content (AvgIpc) is 3.11. The summed E-state index contributed by atoms with van der Waals surface area (Å²) in [6, 6.07) is 10.0. The standard InChI is InChI=1S/C22H33N3O2/c26-21(19-7-3-1-4-8-19)24-14-11-22(12-15-24)23-13-16-25(22)17-18-27-20-9-5-2-6-10-20/h2,5-6,9-10,19,23H,1,3-4,7-8,11-18H2. The van der Waals surface area contributed by atoms with Gasteiger partial charge in [0.05, 0.1) is 5.66 Å². The van der Waals surface area contributed by atoms with Crippen molar-refractivity contribution in [1.82, 2.24) is 15.1 Å². The molecule has 0 atom stereocenters. The molecule has 27 heavy (non-hydrogen) atoms. The van der Waals surface area contributed by atoms with Gasteiger partial charge in [0.2, 0.25) is 5.91 Å². The number of carbonyl (C=O) groups is 1. The second-order valence-electron chi connectivity index (χ2n) is 8.27. The Balaban J connectivity index is 1.27. The molecule has 3 fully saturated rings. The van der Waals surface area contributed by atoms with Gasteiger partial charge >= 0.3 is 0 Å². The number of amides is 1. The number of hydrogen-bond acceptors (Lipinski definition) is 4. The van der Waals surface area contributed by atoms with Crippen LogP contribution in [0.2, 0.25) is 0 Å². The van der Waals surface area contributed by atoms with Gasteiger partial charge < -0.3 is 9.64 Å². The summed E-state index contributed by atoms with van der Waals surface area (Å²) in [6.45, 7) is 5.50. The number of nitrogens with one attached hydrogen (secondary N) is 1. The Morgan fingerprint density at radius 3 is 2.56 bits per heavy atom. The van der Waals surface area contributed by atoms with E-state index in [0.717, 1.165) is 64.2 Å². The summed E-state index contributed by atoms with van der Waals surface area (Å²) in [5, 5.41) is 3.74. The van der Waals surface area contributed by atoms with Crippen LogP contribution in [0.15, 0.2) is 30.3 Å².